The number of hydrogen-bond donors (Lipinski definition) is 4. The third kappa shape index (κ3) is 20.8. The van der Waals surface area contributed by atoms with Crippen molar-refractivity contribution in [2.45, 2.75) is 135 Å². The number of urea groups is 1. The molecule has 0 saturated carbocycles. The summed E-state index contributed by atoms with van der Waals surface area (Å²) in [6, 6.07) is 0.395. The quantitative estimate of drug-likeness (QED) is 0.0593. The summed E-state index contributed by atoms with van der Waals surface area (Å²) in [4.78, 5) is 53.7. The maximum Gasteiger partial charge on any atom is 0.315 e. The number of rotatable bonds is 33. The van der Waals surface area contributed by atoms with Gasteiger partial charge in [0.15, 0.2) is 0 Å². The molecule has 1 aromatic rings. The predicted octanol–water partition coefficient (Wildman–Crippen LogP) is 3.20. The summed E-state index contributed by atoms with van der Waals surface area (Å²) < 4.78 is 30.8. The first-order valence-electron chi connectivity index (χ1n) is 24.1. The van der Waals surface area contributed by atoms with E-state index in [-0.39, 0.29) is 59.2 Å². The van der Waals surface area contributed by atoms with Gasteiger partial charge in [-0.2, -0.15) is 11.8 Å². The Kier molecular flexibility index (Phi) is 24.3. The number of thioether (sulfide) groups is 1. The van der Waals surface area contributed by atoms with Crippen LogP contribution in [0.3, 0.4) is 0 Å². The molecule has 0 aromatic carbocycles. The zero-order valence-corrected chi connectivity index (χ0v) is 41.5. The van der Waals surface area contributed by atoms with Gasteiger partial charge in [0.1, 0.15) is 0 Å². The van der Waals surface area contributed by atoms with Gasteiger partial charge in [-0.05, 0) is 45.7 Å². The minimum Gasteiger partial charge on any atom is -0.380 e. The molecule has 3 aliphatic heterocycles. The smallest absolute Gasteiger partial charge is 0.315 e. The first-order chi connectivity index (χ1) is 31.2. The van der Waals surface area contributed by atoms with Crippen LogP contribution in [-0.4, -0.2) is 184 Å². The highest BCUT2D eigenvalue weighted by molar-refractivity contribution is 8.00. The Balaban J connectivity index is 0.956. The zero-order valence-electron chi connectivity index (χ0n) is 40.7. The van der Waals surface area contributed by atoms with Crippen LogP contribution in [0.4, 0.5) is 4.79 Å². The van der Waals surface area contributed by atoms with Crippen LogP contribution in [0.25, 0.3) is 0 Å². The normalized spacial score (nSPS) is 19.9. The molecule has 65 heavy (non-hydrogen) atoms. The van der Waals surface area contributed by atoms with E-state index >= 15 is 0 Å². The number of methoxy groups -OCH3 is 1. The summed E-state index contributed by atoms with van der Waals surface area (Å²) in [6.45, 7) is 19.9. The number of nitrogens with zero attached hydrogens (tertiary/aromatic N) is 5. The molecule has 19 heteroatoms. The first kappa shape index (κ1) is 54.5. The van der Waals surface area contributed by atoms with Crippen molar-refractivity contribution in [3.05, 3.63) is 11.4 Å². The standard InChI is InChI=1S/C46H83N9O9S/c1-8-53(6)31-45(2,3)33-64-34-46(4,5)32-55-38-18-21-54(29-35(60-7)28-36(38)51-52-55)42(58)17-11-16-41(57)48-20-13-23-62-25-27-63-26-24-61-22-12-19-47-40(56)15-10-9-14-39-43-37(30-65-39)49-44(59)50-43/h35,37,39,43H,8-34H2,1-7H3,(H,47,56)(H,48,57)(H2,49,50,59)/t35-,37+,39+,43+/m1/s1. The molecule has 4 rings (SSSR count). The van der Waals surface area contributed by atoms with Crippen molar-refractivity contribution < 1.29 is 42.9 Å². The topological polar surface area (TPSA) is 200 Å². The van der Waals surface area contributed by atoms with Crippen molar-refractivity contribution in [3.8, 4) is 0 Å². The maximum atomic E-state index is 13.4. The average molecular weight is 938 g/mol. The van der Waals surface area contributed by atoms with Gasteiger partial charge in [-0.15, -0.1) is 5.10 Å². The van der Waals surface area contributed by atoms with Crippen LogP contribution < -0.4 is 21.3 Å². The summed E-state index contributed by atoms with van der Waals surface area (Å²) >= 11 is 1.90. The molecule has 372 valence electrons. The van der Waals surface area contributed by atoms with Gasteiger partial charge in [-0.1, -0.05) is 46.3 Å². The van der Waals surface area contributed by atoms with Crippen molar-refractivity contribution >= 4 is 35.5 Å². The molecule has 2 saturated heterocycles. The van der Waals surface area contributed by atoms with Crippen LogP contribution in [-0.2, 0) is 57.5 Å². The summed E-state index contributed by atoms with van der Waals surface area (Å²) in [5.74, 6) is 0.973. The number of aromatic nitrogens is 3. The minimum atomic E-state index is -0.196. The fourth-order valence-corrected chi connectivity index (χ4v) is 10.0. The Morgan fingerprint density at radius 2 is 1.49 bits per heavy atom. The van der Waals surface area contributed by atoms with Gasteiger partial charge in [-0.3, -0.25) is 14.4 Å². The molecule has 4 N–H and O–H groups in total. The number of carbonyl (C=O) groups excluding carboxylic acids is 4. The lowest BCUT2D eigenvalue weighted by molar-refractivity contribution is -0.133. The van der Waals surface area contributed by atoms with Crippen LogP contribution >= 0.6 is 11.8 Å². The van der Waals surface area contributed by atoms with Crippen LogP contribution in [0.1, 0.15) is 104 Å². The van der Waals surface area contributed by atoms with Crippen LogP contribution in [0.15, 0.2) is 0 Å². The molecule has 1 aromatic heterocycles. The van der Waals surface area contributed by atoms with Gasteiger partial charge < -0.3 is 54.8 Å². The Hall–Kier alpha value is -3.07. The molecule has 2 fully saturated rings. The van der Waals surface area contributed by atoms with Gasteiger partial charge in [0.25, 0.3) is 0 Å². The van der Waals surface area contributed by atoms with E-state index in [2.05, 4.69) is 78.1 Å². The number of nitrogens with one attached hydrogen (secondary N) is 4. The summed E-state index contributed by atoms with van der Waals surface area (Å²) in [5.41, 5.74) is 1.83. The molecular formula is C46H83N9O9S. The second-order valence-corrected chi connectivity index (χ2v) is 20.7. The van der Waals surface area contributed by atoms with Crippen molar-refractivity contribution in [1.29, 1.82) is 0 Å². The second kappa shape index (κ2) is 29.0. The molecule has 0 unspecified atom stereocenters. The van der Waals surface area contributed by atoms with Crippen molar-refractivity contribution in [2.24, 2.45) is 10.8 Å². The van der Waals surface area contributed by atoms with Gasteiger partial charge in [0, 0.05) is 107 Å². The number of ether oxygens (including phenoxy) is 5. The Morgan fingerprint density at radius 3 is 2.15 bits per heavy atom. The molecule has 5 amide bonds. The van der Waals surface area contributed by atoms with Crippen molar-refractivity contribution in [2.75, 3.05) is 112 Å². The third-order valence-corrected chi connectivity index (χ3v) is 13.6. The van der Waals surface area contributed by atoms with E-state index in [1.165, 1.54) is 0 Å². The highest BCUT2D eigenvalue weighted by atomic mass is 32.2. The number of fused-ring (bicyclic) bond motifs is 2. The van der Waals surface area contributed by atoms with E-state index in [0.29, 0.717) is 129 Å². The zero-order chi connectivity index (χ0) is 47.1. The lowest BCUT2D eigenvalue weighted by atomic mass is 9.92. The Morgan fingerprint density at radius 1 is 0.846 bits per heavy atom. The van der Waals surface area contributed by atoms with E-state index in [1.54, 1.807) is 7.11 Å². The van der Waals surface area contributed by atoms with Gasteiger partial charge in [0.2, 0.25) is 17.7 Å². The van der Waals surface area contributed by atoms with E-state index in [1.807, 2.05) is 21.3 Å². The Bertz CT molecular complexity index is 1580. The summed E-state index contributed by atoms with van der Waals surface area (Å²) in [6.07, 6.45) is 6.86. The monoisotopic (exact) mass is 938 g/mol. The maximum absolute atomic E-state index is 13.4. The van der Waals surface area contributed by atoms with E-state index in [4.69, 9.17) is 23.7 Å². The largest absolute Gasteiger partial charge is 0.380 e. The minimum absolute atomic E-state index is 0.0199. The fourth-order valence-electron chi connectivity index (χ4n) is 8.47. The molecule has 3 aliphatic rings. The molecule has 4 heterocycles. The molecular weight excluding hydrogens is 855 g/mol. The fraction of sp³-hybridized carbons (Fsp3) is 0.870. The third-order valence-electron chi connectivity index (χ3n) is 12.1. The van der Waals surface area contributed by atoms with E-state index in [0.717, 1.165) is 55.9 Å². The molecule has 0 spiro atoms. The highest BCUT2D eigenvalue weighted by Crippen LogP contribution is 2.33. The van der Waals surface area contributed by atoms with Crippen molar-refractivity contribution in [3.63, 3.8) is 0 Å². The second-order valence-electron chi connectivity index (χ2n) is 19.4. The van der Waals surface area contributed by atoms with Gasteiger partial charge in [-0.25, -0.2) is 9.48 Å². The predicted molar refractivity (Wildman–Crippen MR) is 252 cm³/mol. The SMILES string of the molecule is CCN(C)CC(C)(C)COCC(C)(C)Cn1nnc2c1CCN(C(=O)CCCC(=O)NCCCOCCOCCOCCCNC(=O)CCCC[C@@H]1SC[C@@H]3NC(=O)N[C@@H]31)C[C@H](OC)C2. The summed E-state index contributed by atoms with van der Waals surface area (Å²) in [5, 5.41) is 21.4. The lowest BCUT2D eigenvalue weighted by Crippen LogP contribution is -2.42. The number of unbranched alkanes of at least 4 members (excludes halogenated alkanes) is 1. The molecule has 0 radical (unpaired) electrons. The Labute approximate surface area is 392 Å². The number of hydrogen-bond acceptors (Lipinski definition) is 13. The first-order valence-corrected chi connectivity index (χ1v) is 25.2. The molecule has 0 aliphatic carbocycles. The van der Waals surface area contributed by atoms with Crippen molar-refractivity contribution in [1.82, 2.24) is 46.1 Å². The van der Waals surface area contributed by atoms with Gasteiger partial charge in [0.05, 0.1) is 75.8 Å². The van der Waals surface area contributed by atoms with Crippen LogP contribution in [0, 0.1) is 10.8 Å². The van der Waals surface area contributed by atoms with Gasteiger partial charge >= 0.3 is 6.03 Å². The summed E-state index contributed by atoms with van der Waals surface area (Å²) in [7, 11) is 3.80. The molecule has 0 bridgehead atoms. The number of carbonyl (C=O) groups is 4. The van der Waals surface area contributed by atoms with Crippen LogP contribution in [0.2, 0.25) is 0 Å². The molecule has 4 atom stereocenters. The lowest BCUT2D eigenvalue weighted by Gasteiger charge is -2.32. The van der Waals surface area contributed by atoms with E-state index < -0.39 is 0 Å². The average Bonchev–Trinajstić information content (AvgIpc) is 3.93. The van der Waals surface area contributed by atoms with E-state index in [9.17, 15) is 19.2 Å². The number of amides is 5. The van der Waals surface area contributed by atoms with Crippen LogP contribution in [0.5, 0.6) is 0 Å². The highest BCUT2D eigenvalue weighted by Gasteiger charge is 2.42. The molecule has 18 nitrogen and oxygen atoms in total.